The molecule has 4 heteroatoms. The summed E-state index contributed by atoms with van der Waals surface area (Å²) in [7, 11) is 0. The molecule has 3 nitrogen and oxygen atoms in total. The maximum atomic E-state index is 13.3. The molecule has 1 aromatic carbocycles. The van der Waals surface area contributed by atoms with Crippen molar-refractivity contribution in [3.63, 3.8) is 0 Å². The van der Waals surface area contributed by atoms with Gasteiger partial charge in [0.25, 0.3) is 0 Å². The first-order chi connectivity index (χ1) is 7.79. The number of carbonyl (C=O) groups is 1. The van der Waals surface area contributed by atoms with Gasteiger partial charge in [-0.2, -0.15) is 0 Å². The lowest BCUT2D eigenvalue weighted by molar-refractivity contribution is -0.119. The summed E-state index contributed by atoms with van der Waals surface area (Å²) < 4.78 is 18.9. The summed E-state index contributed by atoms with van der Waals surface area (Å²) >= 11 is 0. The van der Waals surface area contributed by atoms with Gasteiger partial charge in [-0.15, -0.1) is 0 Å². The van der Waals surface area contributed by atoms with Crippen LogP contribution >= 0.6 is 0 Å². The number of benzene rings is 1. The van der Waals surface area contributed by atoms with E-state index in [4.69, 9.17) is 4.74 Å². The van der Waals surface area contributed by atoms with Gasteiger partial charge in [0.05, 0.1) is 0 Å². The Kier molecular flexibility index (Phi) is 3.39. The topological polar surface area (TPSA) is 29.5 Å². The van der Waals surface area contributed by atoms with Crippen LogP contribution in [0, 0.1) is 5.82 Å². The number of nitrogens with zero attached hydrogens (tertiary/aromatic N) is 1. The summed E-state index contributed by atoms with van der Waals surface area (Å²) in [5.74, 6) is -0.0348. The summed E-state index contributed by atoms with van der Waals surface area (Å²) in [5.41, 5.74) is 0. The second-order valence-electron chi connectivity index (χ2n) is 3.89. The number of amides is 1. The van der Waals surface area contributed by atoms with Crippen molar-refractivity contribution in [3.05, 3.63) is 30.1 Å². The van der Waals surface area contributed by atoms with Crippen LogP contribution in [0.4, 0.5) is 4.39 Å². The van der Waals surface area contributed by atoms with Gasteiger partial charge in [-0.1, -0.05) is 12.1 Å². The molecule has 16 heavy (non-hydrogen) atoms. The minimum absolute atomic E-state index is 0.00750. The second-order valence-corrected chi connectivity index (χ2v) is 3.89. The van der Waals surface area contributed by atoms with Crippen LogP contribution < -0.4 is 4.74 Å². The average molecular weight is 223 g/mol. The third kappa shape index (κ3) is 2.51. The van der Waals surface area contributed by atoms with Gasteiger partial charge in [-0.3, -0.25) is 4.79 Å². The molecule has 1 fully saturated rings. The fourth-order valence-electron chi connectivity index (χ4n) is 1.82. The van der Waals surface area contributed by atoms with Crippen LogP contribution in [0.25, 0.3) is 0 Å². The van der Waals surface area contributed by atoms with Crippen molar-refractivity contribution in [1.29, 1.82) is 0 Å². The molecule has 0 radical (unpaired) electrons. The summed E-state index contributed by atoms with van der Waals surface area (Å²) in [4.78, 5) is 12.2. The van der Waals surface area contributed by atoms with Crippen LogP contribution in [0.5, 0.6) is 5.75 Å². The second kappa shape index (κ2) is 4.96. The van der Waals surface area contributed by atoms with Gasteiger partial charge in [-0.05, 0) is 12.1 Å². The lowest BCUT2D eigenvalue weighted by Crippen LogP contribution is -2.37. The monoisotopic (exact) mass is 223 g/mol. The fraction of sp³-hybridized carbons (Fsp3) is 0.417. The Hall–Kier alpha value is -1.58. The molecular formula is C12H14FNO2. The van der Waals surface area contributed by atoms with Crippen molar-refractivity contribution in [2.75, 3.05) is 13.1 Å². The van der Waals surface area contributed by atoms with E-state index < -0.39 is 0 Å². The van der Waals surface area contributed by atoms with Gasteiger partial charge in [-0.25, -0.2) is 4.39 Å². The molecule has 1 aliphatic heterocycles. The summed E-state index contributed by atoms with van der Waals surface area (Å²) in [6, 6.07) is 6.40. The van der Waals surface area contributed by atoms with Crippen LogP contribution in [-0.4, -0.2) is 30.5 Å². The Morgan fingerprint density at radius 2 is 2.00 bits per heavy atom. The number of para-hydroxylation sites is 1. The van der Waals surface area contributed by atoms with E-state index >= 15 is 0 Å². The molecule has 1 saturated heterocycles. The minimum atomic E-state index is -0.333. The van der Waals surface area contributed by atoms with Gasteiger partial charge in [0.1, 0.15) is 6.10 Å². The molecule has 1 heterocycles. The quantitative estimate of drug-likeness (QED) is 0.731. The van der Waals surface area contributed by atoms with Gasteiger partial charge in [0, 0.05) is 25.9 Å². The van der Waals surface area contributed by atoms with Crippen LogP contribution in [0.3, 0.4) is 0 Å². The van der Waals surface area contributed by atoms with Crippen LogP contribution in [-0.2, 0) is 4.79 Å². The summed E-state index contributed by atoms with van der Waals surface area (Å²) in [6.07, 6.45) is 2.37. The largest absolute Gasteiger partial charge is 0.487 e. The number of piperidine rings is 1. The van der Waals surface area contributed by atoms with E-state index in [2.05, 4.69) is 0 Å². The highest BCUT2D eigenvalue weighted by Gasteiger charge is 2.20. The zero-order valence-corrected chi connectivity index (χ0v) is 8.93. The molecule has 2 rings (SSSR count). The van der Waals surface area contributed by atoms with E-state index in [0.717, 1.165) is 19.3 Å². The first-order valence-electron chi connectivity index (χ1n) is 5.40. The van der Waals surface area contributed by atoms with Crippen molar-refractivity contribution >= 4 is 6.41 Å². The molecule has 0 bridgehead atoms. The Morgan fingerprint density at radius 1 is 1.31 bits per heavy atom. The standard InChI is InChI=1S/C12H14FNO2/c13-11-3-1-2-4-12(11)16-10-5-7-14(9-15)8-6-10/h1-4,9-10H,5-8H2. The maximum absolute atomic E-state index is 13.3. The maximum Gasteiger partial charge on any atom is 0.209 e. The summed E-state index contributed by atoms with van der Waals surface area (Å²) in [5, 5.41) is 0. The molecule has 0 aliphatic carbocycles. The molecule has 0 unspecified atom stereocenters. The fourth-order valence-corrected chi connectivity index (χ4v) is 1.82. The number of hydrogen-bond donors (Lipinski definition) is 0. The zero-order valence-electron chi connectivity index (χ0n) is 8.93. The Labute approximate surface area is 93.8 Å². The smallest absolute Gasteiger partial charge is 0.209 e. The van der Waals surface area contributed by atoms with Gasteiger partial charge >= 0.3 is 0 Å². The first-order valence-corrected chi connectivity index (χ1v) is 5.40. The molecular weight excluding hydrogens is 209 g/mol. The van der Waals surface area contributed by atoms with Gasteiger partial charge < -0.3 is 9.64 Å². The van der Waals surface area contributed by atoms with Gasteiger partial charge in [0.2, 0.25) is 6.41 Å². The van der Waals surface area contributed by atoms with Crippen LogP contribution in [0.15, 0.2) is 24.3 Å². The first kappa shape index (κ1) is 10.9. The zero-order chi connectivity index (χ0) is 11.4. The number of halogens is 1. The number of carbonyl (C=O) groups excluding carboxylic acids is 1. The Balaban J connectivity index is 1.92. The van der Waals surface area contributed by atoms with Gasteiger partial charge in [0.15, 0.2) is 11.6 Å². The van der Waals surface area contributed by atoms with Crippen molar-refractivity contribution in [3.8, 4) is 5.75 Å². The Bertz CT molecular complexity index is 362. The Morgan fingerprint density at radius 3 is 2.62 bits per heavy atom. The van der Waals surface area contributed by atoms with E-state index in [0.29, 0.717) is 18.8 Å². The van der Waals surface area contributed by atoms with Crippen molar-refractivity contribution in [1.82, 2.24) is 4.90 Å². The highest BCUT2D eigenvalue weighted by Crippen LogP contribution is 2.21. The molecule has 0 N–H and O–H groups in total. The van der Waals surface area contributed by atoms with E-state index in [9.17, 15) is 9.18 Å². The minimum Gasteiger partial charge on any atom is -0.487 e. The van der Waals surface area contributed by atoms with E-state index in [1.807, 2.05) is 0 Å². The third-order valence-electron chi connectivity index (χ3n) is 2.76. The van der Waals surface area contributed by atoms with Crippen molar-refractivity contribution < 1.29 is 13.9 Å². The average Bonchev–Trinajstić information content (AvgIpc) is 2.33. The number of ether oxygens (including phenoxy) is 1. The molecule has 1 aliphatic rings. The van der Waals surface area contributed by atoms with E-state index in [1.165, 1.54) is 6.07 Å². The summed E-state index contributed by atoms with van der Waals surface area (Å²) in [6.45, 7) is 1.37. The number of rotatable bonds is 3. The normalized spacial score (nSPS) is 17.2. The predicted molar refractivity (Wildman–Crippen MR) is 57.7 cm³/mol. The molecule has 0 atom stereocenters. The van der Waals surface area contributed by atoms with Crippen molar-refractivity contribution in [2.24, 2.45) is 0 Å². The van der Waals surface area contributed by atoms with Crippen LogP contribution in [0.1, 0.15) is 12.8 Å². The molecule has 1 aromatic rings. The third-order valence-corrected chi connectivity index (χ3v) is 2.76. The number of likely N-dealkylation sites (tertiary alicyclic amines) is 1. The molecule has 0 spiro atoms. The molecule has 0 aromatic heterocycles. The molecule has 0 saturated carbocycles. The van der Waals surface area contributed by atoms with E-state index in [1.54, 1.807) is 23.1 Å². The lowest BCUT2D eigenvalue weighted by atomic mass is 10.1. The van der Waals surface area contributed by atoms with Crippen LogP contribution in [0.2, 0.25) is 0 Å². The van der Waals surface area contributed by atoms with Crippen molar-refractivity contribution in [2.45, 2.75) is 18.9 Å². The predicted octanol–water partition coefficient (Wildman–Crippen LogP) is 1.83. The number of hydrogen-bond acceptors (Lipinski definition) is 2. The molecule has 1 amide bonds. The highest BCUT2D eigenvalue weighted by molar-refractivity contribution is 5.47. The highest BCUT2D eigenvalue weighted by atomic mass is 19.1. The SMILES string of the molecule is O=CN1CCC(Oc2ccccc2F)CC1. The molecule has 86 valence electrons. The van der Waals surface area contributed by atoms with E-state index in [-0.39, 0.29) is 11.9 Å². The lowest BCUT2D eigenvalue weighted by Gasteiger charge is -2.29.